The number of thiazole rings is 1. The molecule has 0 bridgehead atoms. The molecule has 4 aromatic rings. The van der Waals surface area contributed by atoms with Gasteiger partial charge in [-0.2, -0.15) is 0 Å². The number of hydrogen-bond donors (Lipinski definition) is 1. The van der Waals surface area contributed by atoms with Crippen LogP contribution in [0.5, 0.6) is 0 Å². The molecule has 0 fully saturated rings. The number of aromatic nitrogens is 1. The number of thiophene rings is 1. The van der Waals surface area contributed by atoms with E-state index in [0.717, 1.165) is 10.1 Å². The van der Waals surface area contributed by atoms with Crippen LogP contribution in [0.15, 0.2) is 52.7 Å². The minimum atomic E-state index is -3.27. The minimum Gasteiger partial charge on any atom is -0.298 e. The number of carbonyl (C=O) groups is 1. The largest absolute Gasteiger partial charge is 0.298 e. The van der Waals surface area contributed by atoms with Crippen molar-refractivity contribution in [2.45, 2.75) is 4.90 Å². The fourth-order valence-electron chi connectivity index (χ4n) is 2.51. The normalized spacial score (nSPS) is 11.9. The Kier molecular flexibility index (Phi) is 3.82. The van der Waals surface area contributed by atoms with Crippen LogP contribution in [0, 0.1) is 0 Å². The van der Waals surface area contributed by atoms with Gasteiger partial charge in [0.05, 0.1) is 20.7 Å². The van der Waals surface area contributed by atoms with E-state index >= 15 is 0 Å². The van der Waals surface area contributed by atoms with Crippen molar-refractivity contribution in [3.63, 3.8) is 0 Å². The lowest BCUT2D eigenvalue weighted by Crippen LogP contribution is -2.10. The first-order valence-electron chi connectivity index (χ1n) is 7.30. The van der Waals surface area contributed by atoms with Crippen LogP contribution < -0.4 is 5.32 Å². The van der Waals surface area contributed by atoms with E-state index in [1.807, 2.05) is 29.6 Å². The summed E-state index contributed by atoms with van der Waals surface area (Å²) >= 11 is 2.77. The van der Waals surface area contributed by atoms with E-state index in [0.29, 0.717) is 20.9 Å². The van der Waals surface area contributed by atoms with E-state index < -0.39 is 9.84 Å². The third-order valence-electron chi connectivity index (χ3n) is 3.73. The van der Waals surface area contributed by atoms with Gasteiger partial charge in [0.25, 0.3) is 5.91 Å². The van der Waals surface area contributed by atoms with Gasteiger partial charge in [-0.25, -0.2) is 13.4 Å². The first kappa shape index (κ1) is 16.2. The van der Waals surface area contributed by atoms with Gasteiger partial charge in [0.1, 0.15) is 0 Å². The van der Waals surface area contributed by atoms with Crippen LogP contribution in [0.4, 0.5) is 5.13 Å². The zero-order valence-electron chi connectivity index (χ0n) is 13.0. The Balaban J connectivity index is 1.67. The van der Waals surface area contributed by atoms with E-state index in [9.17, 15) is 13.2 Å². The van der Waals surface area contributed by atoms with Crippen LogP contribution in [-0.4, -0.2) is 25.6 Å². The second kappa shape index (κ2) is 5.91. The predicted molar refractivity (Wildman–Crippen MR) is 103 cm³/mol. The molecule has 2 aromatic heterocycles. The van der Waals surface area contributed by atoms with Crippen LogP contribution in [-0.2, 0) is 9.84 Å². The molecule has 0 aliphatic heterocycles. The first-order valence-corrected chi connectivity index (χ1v) is 10.9. The molecule has 0 aliphatic rings. The number of nitrogens with zero attached hydrogens (tertiary/aromatic N) is 1. The van der Waals surface area contributed by atoms with Gasteiger partial charge in [0.15, 0.2) is 15.0 Å². The topological polar surface area (TPSA) is 76.1 Å². The molecule has 1 amide bonds. The summed E-state index contributed by atoms with van der Waals surface area (Å²) in [5, 5.41) is 5.99. The number of fused-ring (bicyclic) bond motifs is 2. The molecule has 0 unspecified atom stereocenters. The number of rotatable bonds is 3. The molecule has 0 aliphatic carbocycles. The Morgan fingerprint density at radius 1 is 1.12 bits per heavy atom. The average molecular weight is 388 g/mol. The lowest BCUT2D eigenvalue weighted by molar-refractivity contribution is 0.102. The Morgan fingerprint density at radius 3 is 2.72 bits per heavy atom. The number of amides is 1. The lowest BCUT2D eigenvalue weighted by Gasteiger charge is -1.99. The van der Waals surface area contributed by atoms with Crippen LogP contribution in [0.1, 0.15) is 10.4 Å². The van der Waals surface area contributed by atoms with Crippen molar-refractivity contribution in [2.75, 3.05) is 11.6 Å². The zero-order valence-corrected chi connectivity index (χ0v) is 15.5. The van der Waals surface area contributed by atoms with Gasteiger partial charge < -0.3 is 0 Å². The number of benzene rings is 2. The van der Waals surface area contributed by atoms with E-state index in [1.54, 1.807) is 12.1 Å². The third-order valence-corrected chi connectivity index (χ3v) is 6.74. The maximum absolute atomic E-state index is 12.6. The van der Waals surface area contributed by atoms with Crippen molar-refractivity contribution in [3.05, 3.63) is 53.4 Å². The molecule has 1 N–H and O–H groups in total. The van der Waals surface area contributed by atoms with E-state index in [2.05, 4.69) is 10.3 Å². The van der Waals surface area contributed by atoms with E-state index in [1.165, 1.54) is 35.0 Å². The zero-order chi connectivity index (χ0) is 17.6. The smallest absolute Gasteiger partial charge is 0.258 e. The molecule has 0 saturated heterocycles. The fraction of sp³-hybridized carbons (Fsp3) is 0.0588. The number of anilines is 1. The molecule has 2 aromatic carbocycles. The van der Waals surface area contributed by atoms with Gasteiger partial charge in [-0.15, -0.1) is 11.3 Å². The van der Waals surface area contributed by atoms with E-state index in [4.69, 9.17) is 0 Å². The van der Waals surface area contributed by atoms with Crippen molar-refractivity contribution in [1.82, 2.24) is 4.98 Å². The first-order chi connectivity index (χ1) is 11.9. The van der Waals surface area contributed by atoms with Crippen LogP contribution in [0.3, 0.4) is 0 Å². The number of hydrogen-bond acceptors (Lipinski definition) is 6. The Hall–Kier alpha value is -2.29. The van der Waals surface area contributed by atoms with Gasteiger partial charge in [0.2, 0.25) is 0 Å². The summed E-state index contributed by atoms with van der Waals surface area (Å²) in [5.41, 5.74) is 1.26. The summed E-state index contributed by atoms with van der Waals surface area (Å²) in [7, 11) is -3.27. The lowest BCUT2D eigenvalue weighted by atomic mass is 10.2. The Bertz CT molecular complexity index is 1220. The summed E-state index contributed by atoms with van der Waals surface area (Å²) in [5.74, 6) is -0.222. The van der Waals surface area contributed by atoms with Crippen molar-refractivity contribution in [3.8, 4) is 0 Å². The highest BCUT2D eigenvalue weighted by molar-refractivity contribution is 7.90. The summed E-state index contributed by atoms with van der Waals surface area (Å²) in [6.45, 7) is 0. The molecular weight excluding hydrogens is 376 g/mol. The van der Waals surface area contributed by atoms with E-state index in [-0.39, 0.29) is 10.8 Å². The fourth-order valence-corrected chi connectivity index (χ4v) is 5.07. The maximum atomic E-state index is 12.6. The second-order valence-corrected chi connectivity index (χ2v) is 9.48. The molecule has 8 heteroatoms. The van der Waals surface area contributed by atoms with Crippen molar-refractivity contribution in [2.24, 2.45) is 0 Å². The maximum Gasteiger partial charge on any atom is 0.258 e. The highest BCUT2D eigenvalue weighted by Crippen LogP contribution is 2.30. The SMILES string of the molecule is CS(=O)(=O)c1ccc2nc(NC(=O)c3csc4ccccc34)sc2c1. The highest BCUT2D eigenvalue weighted by Gasteiger charge is 2.15. The monoisotopic (exact) mass is 388 g/mol. The Labute approximate surface area is 151 Å². The average Bonchev–Trinajstić information content (AvgIpc) is 3.16. The van der Waals surface area contributed by atoms with Gasteiger partial charge in [-0.1, -0.05) is 29.5 Å². The van der Waals surface area contributed by atoms with Crippen molar-refractivity contribution in [1.29, 1.82) is 0 Å². The standard InChI is InChI=1S/C17H12N2O3S3/c1-25(21,22)10-6-7-13-15(8-10)24-17(18-13)19-16(20)12-9-23-14-5-3-2-4-11(12)14/h2-9H,1H3,(H,18,19,20). The molecule has 0 spiro atoms. The molecule has 0 atom stereocenters. The van der Waals surface area contributed by atoms with Crippen molar-refractivity contribution >= 4 is 63.9 Å². The molecular formula is C17H12N2O3S3. The number of nitrogens with one attached hydrogen (secondary N) is 1. The summed E-state index contributed by atoms with van der Waals surface area (Å²) in [6, 6.07) is 12.5. The third kappa shape index (κ3) is 3.04. The molecule has 4 rings (SSSR count). The number of carbonyl (C=O) groups excluding carboxylic acids is 1. The molecule has 0 saturated carbocycles. The van der Waals surface area contributed by atoms with Gasteiger partial charge >= 0.3 is 0 Å². The Morgan fingerprint density at radius 2 is 1.92 bits per heavy atom. The predicted octanol–water partition coefficient (Wildman–Crippen LogP) is 4.17. The minimum absolute atomic E-state index is 0.222. The quantitative estimate of drug-likeness (QED) is 0.572. The van der Waals surface area contributed by atoms with Crippen molar-refractivity contribution < 1.29 is 13.2 Å². The molecule has 5 nitrogen and oxygen atoms in total. The van der Waals surface area contributed by atoms with Crippen LogP contribution in [0.25, 0.3) is 20.3 Å². The molecule has 0 radical (unpaired) electrons. The van der Waals surface area contributed by atoms with Gasteiger partial charge in [-0.3, -0.25) is 10.1 Å². The summed E-state index contributed by atoms with van der Waals surface area (Å²) < 4.78 is 25.1. The molecule has 126 valence electrons. The molecule has 25 heavy (non-hydrogen) atoms. The summed E-state index contributed by atoms with van der Waals surface area (Å²) in [4.78, 5) is 17.2. The van der Waals surface area contributed by atoms with Gasteiger partial charge in [-0.05, 0) is 24.3 Å². The highest BCUT2D eigenvalue weighted by atomic mass is 32.2. The van der Waals surface area contributed by atoms with Gasteiger partial charge in [0, 0.05) is 21.7 Å². The number of sulfone groups is 1. The summed E-state index contributed by atoms with van der Waals surface area (Å²) in [6.07, 6.45) is 1.17. The van der Waals surface area contributed by atoms with Crippen LogP contribution >= 0.6 is 22.7 Å². The molecule has 2 heterocycles. The van der Waals surface area contributed by atoms with Crippen LogP contribution in [0.2, 0.25) is 0 Å². The second-order valence-electron chi connectivity index (χ2n) is 5.52.